The van der Waals surface area contributed by atoms with Crippen molar-refractivity contribution >= 4 is 17.5 Å². The number of ketones is 1. The van der Waals surface area contributed by atoms with Gasteiger partial charge in [-0.1, -0.05) is 18.7 Å². The van der Waals surface area contributed by atoms with Crippen LogP contribution in [0.15, 0.2) is 20.9 Å². The molecule has 0 amide bonds. The normalized spacial score (nSPS) is 15.6. The van der Waals surface area contributed by atoms with Gasteiger partial charge in [-0.3, -0.25) is 9.36 Å². The Balaban J connectivity index is 2.18. The van der Waals surface area contributed by atoms with Crippen LogP contribution in [0.25, 0.3) is 0 Å². The topological polar surface area (TPSA) is 67.8 Å². The first-order valence-electron chi connectivity index (χ1n) is 5.27. The molecule has 5 nitrogen and oxygen atoms in total. The van der Waals surface area contributed by atoms with Crippen LogP contribution < -0.4 is 5.69 Å². The van der Waals surface area contributed by atoms with Crippen LogP contribution in [0, 0.1) is 0 Å². The first-order valence-corrected chi connectivity index (χ1v) is 6.09. The van der Waals surface area contributed by atoms with Crippen LogP contribution >= 0.6 is 11.8 Å². The fourth-order valence-corrected chi connectivity index (χ4v) is 2.57. The first kappa shape index (κ1) is 11.2. The largest absolute Gasteiger partial charge is 0.343 e. The number of rotatable bonds is 4. The average Bonchev–Trinajstić information content (AvgIpc) is 2.79. The van der Waals surface area contributed by atoms with E-state index < -0.39 is 0 Å². The van der Waals surface area contributed by atoms with E-state index in [2.05, 4.69) is 10.2 Å². The van der Waals surface area contributed by atoms with E-state index in [1.165, 1.54) is 11.8 Å². The van der Waals surface area contributed by atoms with Gasteiger partial charge in [0.1, 0.15) is 0 Å². The van der Waals surface area contributed by atoms with Crippen molar-refractivity contribution in [1.82, 2.24) is 14.8 Å². The molecule has 0 fully saturated rings. The maximum Gasteiger partial charge on any atom is 0.343 e. The maximum atomic E-state index is 11.4. The van der Waals surface area contributed by atoms with Crippen LogP contribution in [0.2, 0.25) is 0 Å². The number of hydrogen-bond donors (Lipinski definition) is 1. The number of carbonyl (C=O) groups is 1. The van der Waals surface area contributed by atoms with E-state index in [1.807, 2.05) is 6.92 Å². The highest BCUT2D eigenvalue weighted by Crippen LogP contribution is 2.31. The highest BCUT2D eigenvalue weighted by atomic mass is 32.2. The van der Waals surface area contributed by atoms with Crippen molar-refractivity contribution in [3.63, 3.8) is 0 Å². The monoisotopic (exact) mass is 239 g/mol. The third-order valence-corrected chi connectivity index (χ3v) is 3.41. The van der Waals surface area contributed by atoms with Gasteiger partial charge in [-0.05, 0) is 23.8 Å². The third kappa shape index (κ3) is 2.27. The number of allylic oxidation sites excluding steroid dienone is 2. The molecular formula is C10H13N3O2S. The molecule has 1 aliphatic rings. The van der Waals surface area contributed by atoms with Gasteiger partial charge in [0, 0.05) is 13.0 Å². The van der Waals surface area contributed by atoms with Crippen LogP contribution in [-0.2, 0) is 11.3 Å². The summed E-state index contributed by atoms with van der Waals surface area (Å²) in [6.07, 6.45) is 3.85. The van der Waals surface area contributed by atoms with Crippen molar-refractivity contribution in [2.45, 2.75) is 37.9 Å². The van der Waals surface area contributed by atoms with Crippen LogP contribution in [0.1, 0.15) is 26.2 Å². The molecule has 1 aromatic rings. The molecule has 0 bridgehead atoms. The third-order valence-electron chi connectivity index (χ3n) is 2.33. The van der Waals surface area contributed by atoms with E-state index in [0.717, 1.165) is 17.7 Å². The number of nitrogens with zero attached hydrogens (tertiary/aromatic N) is 2. The Bertz CT molecular complexity index is 486. The van der Waals surface area contributed by atoms with Gasteiger partial charge < -0.3 is 0 Å². The molecule has 0 atom stereocenters. The van der Waals surface area contributed by atoms with E-state index in [0.29, 0.717) is 18.1 Å². The molecular weight excluding hydrogens is 226 g/mol. The van der Waals surface area contributed by atoms with Gasteiger partial charge >= 0.3 is 5.69 Å². The van der Waals surface area contributed by atoms with Gasteiger partial charge in [0.2, 0.25) is 0 Å². The molecule has 1 aliphatic carbocycles. The second-order valence-electron chi connectivity index (χ2n) is 3.64. The van der Waals surface area contributed by atoms with Gasteiger partial charge in [-0.2, -0.15) is 0 Å². The zero-order valence-corrected chi connectivity index (χ0v) is 9.84. The van der Waals surface area contributed by atoms with Crippen molar-refractivity contribution < 1.29 is 4.79 Å². The average molecular weight is 239 g/mol. The molecule has 0 aliphatic heterocycles. The molecule has 0 aromatic carbocycles. The molecule has 2 rings (SSSR count). The highest BCUT2D eigenvalue weighted by molar-refractivity contribution is 8.03. The molecule has 0 saturated heterocycles. The van der Waals surface area contributed by atoms with E-state index in [4.69, 9.17) is 0 Å². The Hall–Kier alpha value is -1.30. The minimum absolute atomic E-state index is 0.155. The Morgan fingerprint density at radius 2 is 2.31 bits per heavy atom. The van der Waals surface area contributed by atoms with Crippen LogP contribution in [-0.4, -0.2) is 20.5 Å². The lowest BCUT2D eigenvalue weighted by molar-refractivity contribution is -0.114. The van der Waals surface area contributed by atoms with Gasteiger partial charge in [0.25, 0.3) is 0 Å². The summed E-state index contributed by atoms with van der Waals surface area (Å²) in [4.78, 5) is 23.5. The Labute approximate surface area is 96.9 Å². The fourth-order valence-electron chi connectivity index (χ4n) is 1.57. The van der Waals surface area contributed by atoms with Crippen molar-refractivity contribution in [3.8, 4) is 0 Å². The lowest BCUT2D eigenvalue weighted by Gasteiger charge is -2.02. The Kier molecular flexibility index (Phi) is 3.28. The number of carbonyl (C=O) groups excluding carboxylic acids is 1. The summed E-state index contributed by atoms with van der Waals surface area (Å²) in [6.45, 7) is 2.66. The quantitative estimate of drug-likeness (QED) is 0.860. The van der Waals surface area contributed by atoms with Crippen molar-refractivity contribution in [3.05, 3.63) is 21.5 Å². The van der Waals surface area contributed by atoms with Gasteiger partial charge in [-0.25, -0.2) is 9.89 Å². The number of thioether (sulfide) groups is 1. The molecule has 6 heteroatoms. The molecule has 1 heterocycles. The molecule has 0 unspecified atom stereocenters. The standard InChI is InChI=1S/C10H13N3O2S/c1-2-5-13-9(15)11-12-10(13)16-8-4-3-7(14)6-8/h6H,2-5H2,1H3,(H,11,15). The molecule has 86 valence electrons. The lowest BCUT2D eigenvalue weighted by atomic mass is 10.3. The van der Waals surface area contributed by atoms with Gasteiger partial charge in [0.15, 0.2) is 10.9 Å². The molecule has 0 saturated carbocycles. The summed E-state index contributed by atoms with van der Waals surface area (Å²) in [7, 11) is 0. The highest BCUT2D eigenvalue weighted by Gasteiger charge is 2.16. The zero-order valence-electron chi connectivity index (χ0n) is 9.02. The second kappa shape index (κ2) is 4.69. The summed E-state index contributed by atoms with van der Waals surface area (Å²) in [5.74, 6) is 0.155. The SMILES string of the molecule is CCCn1c(SC2=CC(=O)CC2)n[nH]c1=O. The fraction of sp³-hybridized carbons (Fsp3) is 0.500. The number of nitrogens with one attached hydrogen (secondary N) is 1. The van der Waals surface area contributed by atoms with Crippen LogP contribution in [0.4, 0.5) is 0 Å². The summed E-state index contributed by atoms with van der Waals surface area (Å²) in [5, 5.41) is 7.04. The number of aromatic amines is 1. The summed E-state index contributed by atoms with van der Waals surface area (Å²) in [5.41, 5.74) is -0.186. The summed E-state index contributed by atoms with van der Waals surface area (Å²) < 4.78 is 1.61. The lowest BCUT2D eigenvalue weighted by Crippen LogP contribution is -2.17. The van der Waals surface area contributed by atoms with Crippen molar-refractivity contribution in [2.75, 3.05) is 0 Å². The van der Waals surface area contributed by atoms with Gasteiger partial charge in [0.05, 0.1) is 0 Å². The van der Waals surface area contributed by atoms with E-state index in [9.17, 15) is 9.59 Å². The number of aromatic nitrogens is 3. The minimum atomic E-state index is -0.186. The molecule has 16 heavy (non-hydrogen) atoms. The van der Waals surface area contributed by atoms with Crippen molar-refractivity contribution in [2.24, 2.45) is 0 Å². The maximum absolute atomic E-state index is 11.4. The van der Waals surface area contributed by atoms with Gasteiger partial charge in [-0.15, -0.1) is 5.10 Å². The van der Waals surface area contributed by atoms with Crippen LogP contribution in [0.3, 0.4) is 0 Å². The first-order chi connectivity index (χ1) is 7.70. The Morgan fingerprint density at radius 3 is 2.94 bits per heavy atom. The smallest absolute Gasteiger partial charge is 0.295 e. The molecule has 1 aromatic heterocycles. The predicted molar refractivity (Wildman–Crippen MR) is 61.3 cm³/mol. The molecule has 0 radical (unpaired) electrons. The van der Waals surface area contributed by atoms with E-state index in [1.54, 1.807) is 10.6 Å². The van der Waals surface area contributed by atoms with E-state index >= 15 is 0 Å². The summed E-state index contributed by atoms with van der Waals surface area (Å²) in [6, 6.07) is 0. The number of hydrogen-bond acceptors (Lipinski definition) is 4. The number of H-pyrrole nitrogens is 1. The Morgan fingerprint density at radius 1 is 1.50 bits per heavy atom. The zero-order chi connectivity index (χ0) is 11.5. The molecule has 1 N–H and O–H groups in total. The second-order valence-corrected chi connectivity index (χ2v) is 4.74. The molecule has 0 spiro atoms. The minimum Gasteiger partial charge on any atom is -0.295 e. The van der Waals surface area contributed by atoms with Crippen molar-refractivity contribution in [1.29, 1.82) is 0 Å². The summed E-state index contributed by atoms with van der Waals surface area (Å²) >= 11 is 1.40. The van der Waals surface area contributed by atoms with Crippen LogP contribution in [0.5, 0.6) is 0 Å². The van der Waals surface area contributed by atoms with E-state index in [-0.39, 0.29) is 11.5 Å². The predicted octanol–water partition coefficient (Wildman–Crippen LogP) is 1.32.